The van der Waals surface area contributed by atoms with Crippen molar-refractivity contribution in [1.29, 1.82) is 0 Å². The molecule has 1 aromatic rings. The molecule has 0 spiro atoms. The number of azide groups is 1. The van der Waals surface area contributed by atoms with Crippen LogP contribution in [0.2, 0.25) is 5.02 Å². The SMILES string of the molecule is CC(N=[N+]=[N-])c1ccc(Cl)c(F)c1. The molecule has 3 nitrogen and oxygen atoms in total. The van der Waals surface area contributed by atoms with Gasteiger partial charge < -0.3 is 0 Å². The van der Waals surface area contributed by atoms with Crippen molar-refractivity contribution in [3.05, 3.63) is 45.0 Å². The molecule has 0 saturated carbocycles. The third-order valence-electron chi connectivity index (χ3n) is 1.65. The summed E-state index contributed by atoms with van der Waals surface area (Å²) in [5.74, 6) is -0.501. The molecule has 1 unspecified atom stereocenters. The van der Waals surface area contributed by atoms with Crippen molar-refractivity contribution in [3.8, 4) is 0 Å². The fourth-order valence-electron chi connectivity index (χ4n) is 0.916. The first-order chi connectivity index (χ1) is 6.15. The Kier molecular flexibility index (Phi) is 3.12. The smallest absolute Gasteiger partial charge is 0.142 e. The first-order valence-corrected chi connectivity index (χ1v) is 4.02. The van der Waals surface area contributed by atoms with Crippen LogP contribution in [0.1, 0.15) is 18.5 Å². The summed E-state index contributed by atoms with van der Waals surface area (Å²) in [6, 6.07) is 3.96. The van der Waals surface area contributed by atoms with Gasteiger partial charge in [-0.25, -0.2) is 4.39 Å². The van der Waals surface area contributed by atoms with Crippen molar-refractivity contribution in [1.82, 2.24) is 0 Å². The first-order valence-electron chi connectivity index (χ1n) is 3.64. The maximum atomic E-state index is 12.9. The van der Waals surface area contributed by atoms with Gasteiger partial charge in [-0.1, -0.05) is 29.7 Å². The topological polar surface area (TPSA) is 48.8 Å². The lowest BCUT2D eigenvalue weighted by Crippen LogP contribution is -1.89. The molecule has 5 heteroatoms. The van der Waals surface area contributed by atoms with Gasteiger partial charge in [0.15, 0.2) is 0 Å². The minimum atomic E-state index is -0.501. The molecule has 0 N–H and O–H groups in total. The molecule has 0 aliphatic heterocycles. The Hall–Kier alpha value is -1.25. The van der Waals surface area contributed by atoms with Crippen molar-refractivity contribution < 1.29 is 4.39 Å². The molecule has 0 aromatic heterocycles. The summed E-state index contributed by atoms with van der Waals surface area (Å²) in [6.07, 6.45) is 0. The van der Waals surface area contributed by atoms with Crippen LogP contribution in [0.25, 0.3) is 10.4 Å². The minimum absolute atomic E-state index is 0.0666. The van der Waals surface area contributed by atoms with E-state index >= 15 is 0 Å². The Labute approximate surface area is 79.8 Å². The maximum Gasteiger partial charge on any atom is 0.142 e. The van der Waals surface area contributed by atoms with Crippen LogP contribution >= 0.6 is 11.6 Å². The number of hydrogen-bond acceptors (Lipinski definition) is 1. The molecule has 0 radical (unpaired) electrons. The molecule has 0 aliphatic rings. The lowest BCUT2D eigenvalue weighted by molar-refractivity contribution is 0.622. The highest BCUT2D eigenvalue weighted by Gasteiger charge is 2.05. The van der Waals surface area contributed by atoms with Crippen LogP contribution < -0.4 is 0 Å². The molecule has 0 aliphatic carbocycles. The van der Waals surface area contributed by atoms with E-state index in [-0.39, 0.29) is 11.1 Å². The molecule has 1 rings (SSSR count). The predicted molar refractivity (Wildman–Crippen MR) is 49.0 cm³/mol. The molecule has 0 fully saturated rings. The van der Waals surface area contributed by atoms with Gasteiger partial charge in [0.25, 0.3) is 0 Å². The summed E-state index contributed by atoms with van der Waals surface area (Å²) in [5, 5.41) is 3.50. The third-order valence-corrected chi connectivity index (χ3v) is 1.96. The highest BCUT2D eigenvalue weighted by molar-refractivity contribution is 6.30. The molecular formula is C8H7ClFN3. The molecule has 0 amide bonds. The van der Waals surface area contributed by atoms with E-state index in [1.54, 1.807) is 13.0 Å². The van der Waals surface area contributed by atoms with Crippen LogP contribution in [0.4, 0.5) is 4.39 Å². The number of rotatable bonds is 2. The van der Waals surface area contributed by atoms with Crippen molar-refractivity contribution in [2.24, 2.45) is 5.11 Å². The van der Waals surface area contributed by atoms with E-state index in [1.807, 2.05) is 0 Å². The van der Waals surface area contributed by atoms with E-state index in [2.05, 4.69) is 10.0 Å². The number of hydrogen-bond donors (Lipinski definition) is 0. The molecule has 0 bridgehead atoms. The van der Waals surface area contributed by atoms with Gasteiger partial charge in [-0.3, -0.25) is 0 Å². The van der Waals surface area contributed by atoms with E-state index in [1.165, 1.54) is 12.1 Å². The standard InChI is InChI=1S/C8H7ClFN3/c1-5(12-13-11)6-2-3-7(9)8(10)4-6/h2-5H,1H3. The van der Waals surface area contributed by atoms with Crippen molar-refractivity contribution in [2.45, 2.75) is 13.0 Å². The van der Waals surface area contributed by atoms with Crippen LogP contribution in [0.15, 0.2) is 23.3 Å². The molecule has 0 heterocycles. The second-order valence-electron chi connectivity index (χ2n) is 2.55. The average molecular weight is 200 g/mol. The molecule has 1 atom stereocenters. The van der Waals surface area contributed by atoms with Crippen LogP contribution in [0, 0.1) is 5.82 Å². The Morgan fingerprint density at radius 2 is 2.31 bits per heavy atom. The zero-order valence-corrected chi connectivity index (χ0v) is 7.66. The van der Waals surface area contributed by atoms with E-state index < -0.39 is 5.82 Å². The summed E-state index contributed by atoms with van der Waals surface area (Å²) in [7, 11) is 0. The van der Waals surface area contributed by atoms with Gasteiger partial charge in [-0.2, -0.15) is 0 Å². The third kappa shape index (κ3) is 2.34. The molecular weight excluding hydrogens is 193 g/mol. The van der Waals surface area contributed by atoms with Crippen molar-refractivity contribution in [3.63, 3.8) is 0 Å². The van der Waals surface area contributed by atoms with Crippen LogP contribution in [-0.4, -0.2) is 0 Å². The van der Waals surface area contributed by atoms with E-state index in [4.69, 9.17) is 17.1 Å². The fraction of sp³-hybridized carbons (Fsp3) is 0.250. The van der Waals surface area contributed by atoms with Crippen molar-refractivity contribution in [2.75, 3.05) is 0 Å². The summed E-state index contributed by atoms with van der Waals surface area (Å²) in [6.45, 7) is 1.68. The van der Waals surface area contributed by atoms with Gasteiger partial charge in [0.2, 0.25) is 0 Å². The minimum Gasteiger partial charge on any atom is -0.205 e. The summed E-state index contributed by atoms with van der Waals surface area (Å²) in [5.41, 5.74) is 8.77. The molecule has 68 valence electrons. The summed E-state index contributed by atoms with van der Waals surface area (Å²) >= 11 is 5.48. The largest absolute Gasteiger partial charge is 0.205 e. The van der Waals surface area contributed by atoms with E-state index in [0.29, 0.717) is 5.56 Å². The first kappa shape index (κ1) is 9.84. The lowest BCUT2D eigenvalue weighted by atomic mass is 10.1. The average Bonchev–Trinajstić information content (AvgIpc) is 2.10. The van der Waals surface area contributed by atoms with Crippen LogP contribution in [-0.2, 0) is 0 Å². The summed E-state index contributed by atoms with van der Waals surface area (Å²) < 4.78 is 12.9. The molecule has 0 saturated heterocycles. The van der Waals surface area contributed by atoms with E-state index in [9.17, 15) is 4.39 Å². The van der Waals surface area contributed by atoms with Gasteiger partial charge in [0.1, 0.15) is 5.82 Å². The number of benzene rings is 1. The van der Waals surface area contributed by atoms with Crippen molar-refractivity contribution >= 4 is 11.6 Å². The Morgan fingerprint density at radius 1 is 1.62 bits per heavy atom. The highest BCUT2D eigenvalue weighted by atomic mass is 35.5. The van der Waals surface area contributed by atoms with Gasteiger partial charge in [-0.15, -0.1) is 0 Å². The molecule has 1 aromatic carbocycles. The fourth-order valence-corrected chi connectivity index (χ4v) is 1.03. The van der Waals surface area contributed by atoms with Gasteiger partial charge in [0.05, 0.1) is 11.1 Å². The second kappa shape index (κ2) is 4.12. The highest BCUT2D eigenvalue weighted by Crippen LogP contribution is 2.22. The predicted octanol–water partition coefficient (Wildman–Crippen LogP) is 3.85. The maximum absolute atomic E-state index is 12.9. The van der Waals surface area contributed by atoms with Crippen LogP contribution in [0.5, 0.6) is 0 Å². The van der Waals surface area contributed by atoms with Gasteiger partial charge >= 0.3 is 0 Å². The lowest BCUT2D eigenvalue weighted by Gasteiger charge is -2.04. The Balaban J connectivity index is 3.03. The quantitative estimate of drug-likeness (QED) is 0.395. The number of nitrogens with zero attached hydrogens (tertiary/aromatic N) is 3. The number of halogens is 2. The monoisotopic (exact) mass is 199 g/mol. The normalized spacial score (nSPS) is 11.9. The van der Waals surface area contributed by atoms with Crippen LogP contribution in [0.3, 0.4) is 0 Å². The zero-order valence-electron chi connectivity index (χ0n) is 6.91. The van der Waals surface area contributed by atoms with E-state index in [0.717, 1.165) is 0 Å². The summed E-state index contributed by atoms with van der Waals surface area (Å²) in [4.78, 5) is 2.63. The Morgan fingerprint density at radius 3 is 2.85 bits per heavy atom. The molecule has 13 heavy (non-hydrogen) atoms. The second-order valence-corrected chi connectivity index (χ2v) is 2.96. The Bertz CT molecular complexity index is 360. The van der Waals surface area contributed by atoms with Gasteiger partial charge in [0, 0.05) is 4.91 Å². The van der Waals surface area contributed by atoms with Gasteiger partial charge in [-0.05, 0) is 23.2 Å². The zero-order chi connectivity index (χ0) is 9.84.